The summed E-state index contributed by atoms with van der Waals surface area (Å²) in [5.74, 6) is 1.55. The molecule has 6 nitrogen and oxygen atoms in total. The van der Waals surface area contributed by atoms with Gasteiger partial charge < -0.3 is 9.47 Å². The van der Waals surface area contributed by atoms with Crippen LogP contribution in [0.2, 0.25) is 0 Å². The smallest absolute Gasteiger partial charge is 0.262 e. The molecule has 0 atom stereocenters. The molecular weight excluding hydrogens is 362 g/mol. The van der Waals surface area contributed by atoms with Gasteiger partial charge in [0.25, 0.3) is 5.56 Å². The second-order valence-electron chi connectivity index (χ2n) is 5.75. The van der Waals surface area contributed by atoms with Crippen molar-refractivity contribution in [2.24, 2.45) is 0 Å². The predicted molar refractivity (Wildman–Crippen MR) is 106 cm³/mol. The molecule has 0 radical (unpaired) electrons. The number of para-hydroxylation sites is 1. The van der Waals surface area contributed by atoms with Gasteiger partial charge in [0.15, 0.2) is 16.7 Å². The molecule has 3 aromatic rings. The molecule has 3 rings (SSSR count). The number of methoxy groups -OCH3 is 2. The first kappa shape index (κ1) is 18.8. The average molecular weight is 381 g/mol. The average Bonchev–Trinajstić information content (AvgIpc) is 2.71. The number of nitrogens with zero attached hydrogens (tertiary/aromatic N) is 3. The normalized spacial score (nSPS) is 10.6. The Morgan fingerprint density at radius 3 is 2.67 bits per heavy atom. The summed E-state index contributed by atoms with van der Waals surface area (Å²) in [5, 5.41) is 10.0. The SMILES string of the molecule is COc1ccc(CCn2c(SCC#N)nc3ccccc3c2=O)cc1OC. The standard InChI is InChI=1S/C20H19N3O3S/c1-25-17-8-7-14(13-18(17)26-2)9-11-23-19(24)15-5-3-4-6-16(15)22-20(23)27-12-10-21/h3-8,13H,9,11-12H2,1-2H3. The third kappa shape index (κ3) is 4.07. The highest BCUT2D eigenvalue weighted by atomic mass is 32.2. The minimum atomic E-state index is -0.0958. The van der Waals surface area contributed by atoms with E-state index in [0.717, 1.165) is 5.56 Å². The Labute approximate surface area is 161 Å². The van der Waals surface area contributed by atoms with E-state index in [9.17, 15) is 4.79 Å². The number of thioether (sulfide) groups is 1. The molecule has 0 unspecified atom stereocenters. The zero-order valence-corrected chi connectivity index (χ0v) is 16.0. The lowest BCUT2D eigenvalue weighted by Gasteiger charge is -2.13. The molecule has 0 N–H and O–H groups in total. The van der Waals surface area contributed by atoms with Gasteiger partial charge >= 0.3 is 0 Å². The van der Waals surface area contributed by atoms with Crippen LogP contribution in [0.15, 0.2) is 52.4 Å². The summed E-state index contributed by atoms with van der Waals surface area (Å²) in [6, 6.07) is 15.0. The largest absolute Gasteiger partial charge is 0.493 e. The zero-order valence-electron chi connectivity index (χ0n) is 15.1. The zero-order chi connectivity index (χ0) is 19.2. The number of rotatable bonds is 7. The number of aromatic nitrogens is 2. The molecular formula is C20H19N3O3S. The maximum absolute atomic E-state index is 12.9. The van der Waals surface area contributed by atoms with Crippen molar-refractivity contribution in [1.82, 2.24) is 9.55 Å². The van der Waals surface area contributed by atoms with Crippen molar-refractivity contribution in [3.05, 3.63) is 58.4 Å². The highest BCUT2D eigenvalue weighted by Gasteiger charge is 2.12. The Morgan fingerprint density at radius 1 is 1.15 bits per heavy atom. The van der Waals surface area contributed by atoms with Gasteiger partial charge in [-0.1, -0.05) is 30.0 Å². The van der Waals surface area contributed by atoms with E-state index < -0.39 is 0 Å². The van der Waals surface area contributed by atoms with Gasteiger partial charge in [-0.3, -0.25) is 9.36 Å². The van der Waals surface area contributed by atoms with Crippen LogP contribution in [0.4, 0.5) is 0 Å². The first-order chi connectivity index (χ1) is 13.2. The first-order valence-electron chi connectivity index (χ1n) is 8.38. The number of aryl methyl sites for hydroxylation is 1. The van der Waals surface area contributed by atoms with Gasteiger partial charge in [-0.2, -0.15) is 5.26 Å². The van der Waals surface area contributed by atoms with Crippen LogP contribution in [-0.2, 0) is 13.0 Å². The molecule has 27 heavy (non-hydrogen) atoms. The molecule has 0 aliphatic carbocycles. The van der Waals surface area contributed by atoms with Crippen LogP contribution in [-0.4, -0.2) is 29.5 Å². The van der Waals surface area contributed by atoms with E-state index in [2.05, 4.69) is 11.1 Å². The summed E-state index contributed by atoms with van der Waals surface area (Å²) in [6.07, 6.45) is 0.625. The fourth-order valence-corrected chi connectivity index (χ4v) is 3.52. The number of benzene rings is 2. The molecule has 0 bridgehead atoms. The van der Waals surface area contributed by atoms with E-state index >= 15 is 0 Å². The molecule has 0 saturated carbocycles. The third-order valence-corrected chi connectivity index (χ3v) is 5.01. The highest BCUT2D eigenvalue weighted by Crippen LogP contribution is 2.28. The second-order valence-corrected chi connectivity index (χ2v) is 6.70. The maximum Gasteiger partial charge on any atom is 0.262 e. The number of hydrogen-bond acceptors (Lipinski definition) is 6. The summed E-state index contributed by atoms with van der Waals surface area (Å²) in [5.41, 5.74) is 1.57. The Morgan fingerprint density at radius 2 is 1.93 bits per heavy atom. The quantitative estimate of drug-likeness (QED) is 0.462. The number of hydrogen-bond donors (Lipinski definition) is 0. The van der Waals surface area contributed by atoms with Crippen molar-refractivity contribution in [3.63, 3.8) is 0 Å². The minimum absolute atomic E-state index is 0.0958. The molecule has 0 fully saturated rings. The number of fused-ring (bicyclic) bond motifs is 1. The fourth-order valence-electron chi connectivity index (χ4n) is 2.83. The summed E-state index contributed by atoms with van der Waals surface area (Å²) < 4.78 is 12.2. The van der Waals surface area contributed by atoms with Crippen molar-refractivity contribution in [3.8, 4) is 17.6 Å². The van der Waals surface area contributed by atoms with Gasteiger partial charge in [-0.05, 0) is 36.2 Å². The van der Waals surface area contributed by atoms with Gasteiger partial charge in [-0.15, -0.1) is 0 Å². The minimum Gasteiger partial charge on any atom is -0.493 e. The Bertz CT molecular complexity index is 1060. The van der Waals surface area contributed by atoms with Gasteiger partial charge in [-0.25, -0.2) is 4.98 Å². The van der Waals surface area contributed by atoms with E-state index in [4.69, 9.17) is 14.7 Å². The van der Waals surface area contributed by atoms with Crippen LogP contribution in [0.1, 0.15) is 5.56 Å². The summed E-state index contributed by atoms with van der Waals surface area (Å²) in [4.78, 5) is 17.5. The van der Waals surface area contributed by atoms with E-state index in [1.165, 1.54) is 11.8 Å². The van der Waals surface area contributed by atoms with E-state index in [1.807, 2.05) is 36.4 Å². The molecule has 138 valence electrons. The lowest BCUT2D eigenvalue weighted by Crippen LogP contribution is -2.24. The maximum atomic E-state index is 12.9. The summed E-state index contributed by atoms with van der Waals surface area (Å²) >= 11 is 1.27. The van der Waals surface area contributed by atoms with Crippen LogP contribution in [0.25, 0.3) is 10.9 Å². The molecule has 1 heterocycles. The van der Waals surface area contributed by atoms with Crippen LogP contribution >= 0.6 is 11.8 Å². The van der Waals surface area contributed by atoms with Crippen LogP contribution < -0.4 is 15.0 Å². The predicted octanol–water partition coefficient (Wildman–Crippen LogP) is 3.27. The first-order valence-corrected chi connectivity index (χ1v) is 9.36. The van der Waals surface area contributed by atoms with E-state index in [-0.39, 0.29) is 11.3 Å². The highest BCUT2D eigenvalue weighted by molar-refractivity contribution is 7.99. The van der Waals surface area contributed by atoms with Crippen molar-refractivity contribution in [2.45, 2.75) is 18.1 Å². The van der Waals surface area contributed by atoms with Crippen molar-refractivity contribution in [1.29, 1.82) is 5.26 Å². The van der Waals surface area contributed by atoms with Crippen molar-refractivity contribution >= 4 is 22.7 Å². The lowest BCUT2D eigenvalue weighted by molar-refractivity contribution is 0.354. The molecule has 0 aliphatic heterocycles. The van der Waals surface area contributed by atoms with Crippen LogP contribution in [0.3, 0.4) is 0 Å². The van der Waals surface area contributed by atoms with Gasteiger partial charge in [0, 0.05) is 6.54 Å². The Hall–Kier alpha value is -2.98. The molecule has 0 spiro atoms. The van der Waals surface area contributed by atoms with Crippen molar-refractivity contribution < 1.29 is 9.47 Å². The molecule has 2 aromatic carbocycles. The number of nitriles is 1. The monoisotopic (exact) mass is 381 g/mol. The second kappa shape index (κ2) is 8.60. The van der Waals surface area contributed by atoms with Gasteiger partial charge in [0.1, 0.15) is 0 Å². The summed E-state index contributed by atoms with van der Waals surface area (Å²) in [7, 11) is 3.19. The molecule has 0 saturated heterocycles. The third-order valence-electron chi connectivity index (χ3n) is 4.16. The van der Waals surface area contributed by atoms with E-state index in [1.54, 1.807) is 24.9 Å². The Kier molecular flexibility index (Phi) is 5.99. The molecule has 0 aliphatic rings. The molecule has 7 heteroatoms. The molecule has 0 amide bonds. The van der Waals surface area contributed by atoms with E-state index in [0.29, 0.717) is 40.5 Å². The van der Waals surface area contributed by atoms with Gasteiger partial charge in [0.05, 0.1) is 36.9 Å². The van der Waals surface area contributed by atoms with Crippen LogP contribution in [0, 0.1) is 11.3 Å². The fraction of sp³-hybridized carbons (Fsp3) is 0.250. The number of ether oxygens (including phenoxy) is 2. The molecule has 1 aromatic heterocycles. The summed E-state index contributed by atoms with van der Waals surface area (Å²) in [6.45, 7) is 0.458. The topological polar surface area (TPSA) is 77.1 Å². The Balaban J connectivity index is 1.95. The van der Waals surface area contributed by atoms with Crippen LogP contribution in [0.5, 0.6) is 11.5 Å². The lowest BCUT2D eigenvalue weighted by atomic mass is 10.1. The van der Waals surface area contributed by atoms with Gasteiger partial charge in [0.2, 0.25) is 0 Å². The van der Waals surface area contributed by atoms with Crippen molar-refractivity contribution in [2.75, 3.05) is 20.0 Å².